The van der Waals surface area contributed by atoms with Crippen LogP contribution in [-0.4, -0.2) is 30.6 Å². The van der Waals surface area contributed by atoms with Crippen molar-refractivity contribution in [3.8, 4) is 0 Å². The van der Waals surface area contributed by atoms with Gasteiger partial charge in [-0.2, -0.15) is 0 Å². The van der Waals surface area contributed by atoms with E-state index in [1.165, 1.54) is 15.0 Å². The van der Waals surface area contributed by atoms with E-state index in [1.807, 2.05) is 24.3 Å². The van der Waals surface area contributed by atoms with Crippen molar-refractivity contribution < 1.29 is 14.1 Å². The number of nitrogens with one attached hydrogen (secondary N) is 2. The molecule has 0 saturated heterocycles. The molecule has 0 aliphatic rings. The van der Waals surface area contributed by atoms with Crippen LogP contribution in [0.1, 0.15) is 12.0 Å². The number of nitrogens with zero attached hydrogens (tertiary/aromatic N) is 1. The Labute approximate surface area is 152 Å². The maximum Gasteiger partial charge on any atom is 0.420 e. The fourth-order valence-corrected chi connectivity index (χ4v) is 3.01. The Bertz CT molecular complexity index is 915. The summed E-state index contributed by atoms with van der Waals surface area (Å²) in [5, 5.41) is 2.88. The van der Waals surface area contributed by atoms with Crippen molar-refractivity contribution in [1.29, 1.82) is 0 Å². The second-order valence-electron chi connectivity index (χ2n) is 6.49. The third-order valence-electron chi connectivity index (χ3n) is 4.33. The molecule has 2 aromatic carbocycles. The summed E-state index contributed by atoms with van der Waals surface area (Å²) in [6, 6.07) is 17.5. The van der Waals surface area contributed by atoms with Crippen LogP contribution < -0.4 is 16.0 Å². The number of hydrogen-bond acceptors (Lipinski definition) is 3. The first-order chi connectivity index (χ1) is 12.6. The third-order valence-corrected chi connectivity index (χ3v) is 4.33. The zero-order valence-electron chi connectivity index (χ0n) is 14.9. The molecular formula is C20H24N3O3+. The molecule has 0 spiro atoms. The van der Waals surface area contributed by atoms with E-state index in [2.05, 4.69) is 24.5 Å². The van der Waals surface area contributed by atoms with Gasteiger partial charge in [-0.15, -0.1) is 0 Å². The first-order valence-electron chi connectivity index (χ1n) is 8.84. The average molecular weight is 354 g/mol. The number of benzene rings is 2. The Hall–Kier alpha value is -2.86. The van der Waals surface area contributed by atoms with Gasteiger partial charge in [-0.1, -0.05) is 42.5 Å². The lowest BCUT2D eigenvalue weighted by atomic mass is 10.2. The van der Waals surface area contributed by atoms with E-state index in [1.54, 1.807) is 18.2 Å². The second-order valence-corrected chi connectivity index (χ2v) is 6.49. The fraction of sp³-hybridized carbons (Fsp3) is 0.300. The Morgan fingerprint density at radius 3 is 2.65 bits per heavy atom. The van der Waals surface area contributed by atoms with Gasteiger partial charge >= 0.3 is 5.76 Å². The SMILES string of the molecule is C[NH+](CCCNC(=O)Cn1c(=O)oc2ccccc21)Cc1ccccc1. The molecule has 3 rings (SSSR count). The molecule has 1 aromatic heterocycles. The molecule has 0 aliphatic heterocycles. The molecule has 6 heteroatoms. The highest BCUT2D eigenvalue weighted by Crippen LogP contribution is 2.11. The number of amides is 1. The molecule has 0 bridgehead atoms. The minimum Gasteiger partial charge on any atom is -0.408 e. The summed E-state index contributed by atoms with van der Waals surface area (Å²) in [5.41, 5.74) is 2.44. The summed E-state index contributed by atoms with van der Waals surface area (Å²) in [5.74, 6) is -0.687. The molecule has 1 atom stereocenters. The topological polar surface area (TPSA) is 68.7 Å². The van der Waals surface area contributed by atoms with Crippen molar-refractivity contribution in [3.63, 3.8) is 0 Å². The first kappa shape index (κ1) is 17.9. The van der Waals surface area contributed by atoms with E-state index in [0.29, 0.717) is 17.6 Å². The summed E-state index contributed by atoms with van der Waals surface area (Å²) in [6.07, 6.45) is 0.880. The van der Waals surface area contributed by atoms with Gasteiger partial charge in [0.1, 0.15) is 13.1 Å². The summed E-state index contributed by atoms with van der Waals surface area (Å²) in [6.45, 7) is 2.49. The Morgan fingerprint density at radius 2 is 1.85 bits per heavy atom. The van der Waals surface area contributed by atoms with E-state index in [9.17, 15) is 9.59 Å². The zero-order chi connectivity index (χ0) is 18.4. The van der Waals surface area contributed by atoms with Gasteiger partial charge in [0.2, 0.25) is 5.91 Å². The van der Waals surface area contributed by atoms with Crippen molar-refractivity contribution in [2.75, 3.05) is 20.1 Å². The smallest absolute Gasteiger partial charge is 0.408 e. The van der Waals surface area contributed by atoms with E-state index in [0.717, 1.165) is 19.5 Å². The van der Waals surface area contributed by atoms with Gasteiger partial charge in [-0.25, -0.2) is 4.79 Å². The second kappa shape index (κ2) is 8.49. The van der Waals surface area contributed by atoms with Crippen LogP contribution in [0.4, 0.5) is 0 Å². The first-order valence-corrected chi connectivity index (χ1v) is 8.84. The predicted octanol–water partition coefficient (Wildman–Crippen LogP) is 0.816. The zero-order valence-corrected chi connectivity index (χ0v) is 14.9. The van der Waals surface area contributed by atoms with E-state index in [4.69, 9.17) is 4.42 Å². The van der Waals surface area contributed by atoms with E-state index < -0.39 is 5.76 Å². The fourth-order valence-electron chi connectivity index (χ4n) is 3.01. The number of oxazole rings is 1. The van der Waals surface area contributed by atoms with Crippen molar-refractivity contribution in [1.82, 2.24) is 9.88 Å². The van der Waals surface area contributed by atoms with Crippen LogP contribution in [-0.2, 0) is 17.9 Å². The highest BCUT2D eigenvalue weighted by molar-refractivity contribution is 5.79. The number of rotatable bonds is 8. The van der Waals surface area contributed by atoms with Crippen LogP contribution in [0.3, 0.4) is 0 Å². The standard InChI is InChI=1S/C20H23N3O3/c1-22(14-16-8-3-2-4-9-16)13-7-12-21-19(24)15-23-17-10-5-6-11-18(17)26-20(23)25/h2-6,8-11H,7,12-15H2,1H3,(H,21,24)/p+1. The molecule has 1 heterocycles. The number of fused-ring (bicyclic) bond motifs is 1. The van der Waals surface area contributed by atoms with Crippen LogP contribution in [0.15, 0.2) is 63.8 Å². The monoisotopic (exact) mass is 354 g/mol. The van der Waals surface area contributed by atoms with Crippen LogP contribution in [0.2, 0.25) is 0 Å². The quantitative estimate of drug-likeness (QED) is 0.589. The maximum absolute atomic E-state index is 12.1. The summed E-state index contributed by atoms with van der Waals surface area (Å²) >= 11 is 0. The van der Waals surface area contributed by atoms with Gasteiger partial charge < -0.3 is 14.6 Å². The largest absolute Gasteiger partial charge is 0.420 e. The summed E-state index contributed by atoms with van der Waals surface area (Å²) in [4.78, 5) is 25.4. The van der Waals surface area contributed by atoms with Crippen LogP contribution in [0, 0.1) is 0 Å². The Kier molecular flexibility index (Phi) is 5.86. The molecule has 0 radical (unpaired) electrons. The van der Waals surface area contributed by atoms with Crippen molar-refractivity contribution in [3.05, 3.63) is 70.7 Å². The van der Waals surface area contributed by atoms with E-state index >= 15 is 0 Å². The van der Waals surface area contributed by atoms with Gasteiger partial charge in [0.25, 0.3) is 0 Å². The minimum atomic E-state index is -0.506. The molecule has 0 aliphatic carbocycles. The molecule has 1 unspecified atom stereocenters. The Balaban J connectivity index is 1.43. The van der Waals surface area contributed by atoms with Gasteiger partial charge in [-0.05, 0) is 12.1 Å². The summed E-state index contributed by atoms with van der Waals surface area (Å²) in [7, 11) is 2.14. The normalized spacial score (nSPS) is 12.2. The van der Waals surface area contributed by atoms with Crippen LogP contribution in [0.5, 0.6) is 0 Å². The lowest BCUT2D eigenvalue weighted by molar-refractivity contribution is -0.893. The van der Waals surface area contributed by atoms with Gasteiger partial charge in [0.05, 0.1) is 19.1 Å². The van der Waals surface area contributed by atoms with Gasteiger partial charge in [-0.3, -0.25) is 9.36 Å². The molecule has 0 saturated carbocycles. The highest BCUT2D eigenvalue weighted by Gasteiger charge is 2.12. The van der Waals surface area contributed by atoms with E-state index in [-0.39, 0.29) is 12.5 Å². The minimum absolute atomic E-state index is 0.0252. The van der Waals surface area contributed by atoms with Gasteiger partial charge in [0.15, 0.2) is 5.58 Å². The number of aromatic nitrogens is 1. The summed E-state index contributed by atoms with van der Waals surface area (Å²) < 4.78 is 6.50. The molecule has 6 nitrogen and oxygen atoms in total. The van der Waals surface area contributed by atoms with Crippen LogP contribution in [0.25, 0.3) is 11.1 Å². The lowest BCUT2D eigenvalue weighted by Crippen LogP contribution is -3.07. The number of quaternary nitrogens is 1. The number of carbonyl (C=O) groups excluding carboxylic acids is 1. The molecule has 2 N–H and O–H groups in total. The Morgan fingerprint density at radius 1 is 1.12 bits per heavy atom. The molecule has 3 aromatic rings. The third kappa shape index (κ3) is 4.61. The molecule has 0 fully saturated rings. The van der Waals surface area contributed by atoms with Gasteiger partial charge in [0, 0.05) is 18.5 Å². The van der Waals surface area contributed by atoms with Crippen molar-refractivity contribution in [2.45, 2.75) is 19.5 Å². The average Bonchev–Trinajstić information content (AvgIpc) is 2.95. The molecule has 1 amide bonds. The predicted molar refractivity (Wildman–Crippen MR) is 100 cm³/mol. The highest BCUT2D eigenvalue weighted by atomic mass is 16.4. The number of carbonyl (C=O) groups is 1. The number of hydrogen-bond donors (Lipinski definition) is 2. The molecular weight excluding hydrogens is 330 g/mol. The van der Waals surface area contributed by atoms with Crippen LogP contribution >= 0.6 is 0 Å². The van der Waals surface area contributed by atoms with Crippen molar-refractivity contribution in [2.24, 2.45) is 0 Å². The number of para-hydroxylation sites is 2. The maximum atomic E-state index is 12.1. The van der Waals surface area contributed by atoms with Crippen molar-refractivity contribution >= 4 is 17.0 Å². The molecule has 26 heavy (non-hydrogen) atoms. The molecule has 136 valence electrons. The lowest BCUT2D eigenvalue weighted by Gasteiger charge is -2.14.